The fraction of sp³-hybridized carbons (Fsp3) is 0.136. The summed E-state index contributed by atoms with van der Waals surface area (Å²) < 4.78 is 21.3. The zero-order chi connectivity index (χ0) is 18.8. The largest absolute Gasteiger partial charge is 0.493 e. The number of hydrogen-bond acceptors (Lipinski definition) is 5. The molecule has 27 heavy (non-hydrogen) atoms. The molecule has 0 amide bonds. The third-order valence-corrected chi connectivity index (χ3v) is 4.45. The minimum absolute atomic E-state index is 0.0966. The summed E-state index contributed by atoms with van der Waals surface area (Å²) in [5.74, 6) is 2.52. The Morgan fingerprint density at radius 3 is 2.41 bits per heavy atom. The molecule has 0 aromatic heterocycles. The predicted octanol–water partition coefficient (Wildman–Crippen LogP) is 4.48. The molecule has 0 radical (unpaired) electrons. The lowest BCUT2D eigenvalue weighted by molar-refractivity contribution is 0.104. The van der Waals surface area contributed by atoms with Gasteiger partial charge in [0, 0.05) is 5.56 Å². The van der Waals surface area contributed by atoms with E-state index in [-0.39, 0.29) is 12.6 Å². The van der Waals surface area contributed by atoms with Crippen LogP contribution in [0.4, 0.5) is 0 Å². The second kappa shape index (κ2) is 7.03. The van der Waals surface area contributed by atoms with Gasteiger partial charge < -0.3 is 18.9 Å². The van der Waals surface area contributed by atoms with E-state index in [0.717, 1.165) is 16.3 Å². The van der Waals surface area contributed by atoms with Gasteiger partial charge in [-0.2, -0.15) is 0 Å². The molecule has 1 heterocycles. The van der Waals surface area contributed by atoms with Crippen molar-refractivity contribution in [2.24, 2.45) is 0 Å². The van der Waals surface area contributed by atoms with Crippen molar-refractivity contribution in [2.75, 3.05) is 21.0 Å². The number of allylic oxidation sites excluding steroid dienone is 1. The maximum Gasteiger partial charge on any atom is 0.231 e. The van der Waals surface area contributed by atoms with E-state index in [4.69, 9.17) is 18.9 Å². The van der Waals surface area contributed by atoms with E-state index in [2.05, 4.69) is 0 Å². The van der Waals surface area contributed by atoms with E-state index in [9.17, 15) is 4.79 Å². The van der Waals surface area contributed by atoms with Crippen LogP contribution in [0.3, 0.4) is 0 Å². The van der Waals surface area contributed by atoms with Gasteiger partial charge >= 0.3 is 0 Å². The van der Waals surface area contributed by atoms with Gasteiger partial charge in [-0.1, -0.05) is 18.2 Å². The molecule has 0 aliphatic carbocycles. The summed E-state index contributed by atoms with van der Waals surface area (Å²) in [6, 6.07) is 15.0. The van der Waals surface area contributed by atoms with Crippen LogP contribution in [0.15, 0.2) is 54.6 Å². The third-order valence-electron chi connectivity index (χ3n) is 4.45. The molecule has 1 aliphatic heterocycles. The molecule has 0 N–H and O–H groups in total. The van der Waals surface area contributed by atoms with Crippen molar-refractivity contribution in [3.63, 3.8) is 0 Å². The van der Waals surface area contributed by atoms with Crippen LogP contribution in [-0.2, 0) is 0 Å². The summed E-state index contributed by atoms with van der Waals surface area (Å²) in [4.78, 5) is 12.4. The smallest absolute Gasteiger partial charge is 0.231 e. The predicted molar refractivity (Wildman–Crippen MR) is 103 cm³/mol. The number of rotatable bonds is 5. The lowest BCUT2D eigenvalue weighted by atomic mass is 10.0. The molecule has 1 aliphatic rings. The van der Waals surface area contributed by atoms with Crippen LogP contribution in [0.25, 0.3) is 16.8 Å². The van der Waals surface area contributed by atoms with E-state index in [0.29, 0.717) is 28.6 Å². The molecular formula is C22H18O5. The monoisotopic (exact) mass is 362 g/mol. The minimum atomic E-state index is -0.0966. The van der Waals surface area contributed by atoms with Gasteiger partial charge in [0.25, 0.3) is 0 Å². The molecule has 0 atom stereocenters. The van der Waals surface area contributed by atoms with E-state index in [1.807, 2.05) is 30.3 Å². The minimum Gasteiger partial charge on any atom is -0.493 e. The van der Waals surface area contributed by atoms with Gasteiger partial charge in [0.1, 0.15) is 0 Å². The van der Waals surface area contributed by atoms with E-state index >= 15 is 0 Å². The summed E-state index contributed by atoms with van der Waals surface area (Å²) >= 11 is 0. The summed E-state index contributed by atoms with van der Waals surface area (Å²) in [5, 5.41) is 2.04. The zero-order valence-corrected chi connectivity index (χ0v) is 15.0. The van der Waals surface area contributed by atoms with Crippen molar-refractivity contribution < 1.29 is 23.7 Å². The molecule has 5 nitrogen and oxygen atoms in total. The summed E-state index contributed by atoms with van der Waals surface area (Å²) in [5.41, 5.74) is 1.48. The molecule has 3 aromatic rings. The van der Waals surface area contributed by atoms with Crippen molar-refractivity contribution in [3.05, 3.63) is 65.7 Å². The molecule has 0 unspecified atom stereocenters. The van der Waals surface area contributed by atoms with Gasteiger partial charge in [0.15, 0.2) is 28.8 Å². The first-order valence-corrected chi connectivity index (χ1v) is 8.46. The van der Waals surface area contributed by atoms with Crippen LogP contribution in [0.2, 0.25) is 0 Å². The fourth-order valence-electron chi connectivity index (χ4n) is 3.02. The zero-order valence-electron chi connectivity index (χ0n) is 15.0. The lowest BCUT2D eigenvalue weighted by Crippen LogP contribution is -1.94. The Morgan fingerprint density at radius 1 is 0.889 bits per heavy atom. The van der Waals surface area contributed by atoms with Crippen molar-refractivity contribution in [3.8, 4) is 23.0 Å². The van der Waals surface area contributed by atoms with Gasteiger partial charge in [-0.25, -0.2) is 0 Å². The normalized spacial score (nSPS) is 12.5. The molecule has 0 bridgehead atoms. The lowest BCUT2D eigenvalue weighted by Gasteiger charge is -2.09. The Hall–Kier alpha value is -3.47. The number of fused-ring (bicyclic) bond motifs is 2. The first-order valence-electron chi connectivity index (χ1n) is 8.46. The van der Waals surface area contributed by atoms with Gasteiger partial charge in [0.2, 0.25) is 6.79 Å². The Morgan fingerprint density at radius 2 is 1.63 bits per heavy atom. The number of carbonyl (C=O) groups is 1. The second-order valence-electron chi connectivity index (χ2n) is 6.08. The third kappa shape index (κ3) is 3.31. The van der Waals surface area contributed by atoms with E-state index < -0.39 is 0 Å². The SMILES string of the molecule is COc1cc2ccc(C=CC(=O)c3ccc4c(c3)OCO4)cc2cc1OC. The molecule has 4 rings (SSSR count). The van der Waals surface area contributed by atoms with Crippen LogP contribution in [-0.4, -0.2) is 26.8 Å². The molecule has 0 spiro atoms. The summed E-state index contributed by atoms with van der Waals surface area (Å²) in [6.07, 6.45) is 3.35. The molecule has 136 valence electrons. The number of benzene rings is 3. The van der Waals surface area contributed by atoms with Gasteiger partial charge in [-0.05, 0) is 58.8 Å². The number of ether oxygens (including phenoxy) is 4. The first kappa shape index (κ1) is 17.0. The van der Waals surface area contributed by atoms with Crippen molar-refractivity contribution in [2.45, 2.75) is 0 Å². The van der Waals surface area contributed by atoms with Gasteiger partial charge in [0.05, 0.1) is 14.2 Å². The Kier molecular flexibility index (Phi) is 4.42. The number of ketones is 1. The average Bonchev–Trinajstić information content (AvgIpc) is 3.18. The molecule has 0 saturated heterocycles. The summed E-state index contributed by atoms with van der Waals surface area (Å²) in [6.45, 7) is 0.189. The standard InChI is InChI=1S/C22H18O5/c1-24-20-10-15-5-3-14(9-17(15)12-21(20)25-2)4-7-18(23)16-6-8-19-22(11-16)27-13-26-19/h3-12H,13H2,1-2H3. The quantitative estimate of drug-likeness (QED) is 0.495. The van der Waals surface area contributed by atoms with Crippen LogP contribution in [0, 0.1) is 0 Å². The Balaban J connectivity index is 1.59. The maximum atomic E-state index is 12.4. The average molecular weight is 362 g/mol. The van der Waals surface area contributed by atoms with Gasteiger partial charge in [-0.15, -0.1) is 0 Å². The maximum absolute atomic E-state index is 12.4. The molecule has 3 aromatic carbocycles. The molecular weight excluding hydrogens is 344 g/mol. The van der Waals surface area contributed by atoms with E-state index in [1.54, 1.807) is 44.6 Å². The molecule has 5 heteroatoms. The van der Waals surface area contributed by atoms with Crippen LogP contribution in [0.5, 0.6) is 23.0 Å². The Labute approximate surface area is 156 Å². The van der Waals surface area contributed by atoms with Crippen LogP contribution >= 0.6 is 0 Å². The molecule has 0 fully saturated rings. The van der Waals surface area contributed by atoms with E-state index in [1.165, 1.54) is 0 Å². The van der Waals surface area contributed by atoms with Gasteiger partial charge in [-0.3, -0.25) is 4.79 Å². The first-order chi connectivity index (χ1) is 13.2. The number of carbonyl (C=O) groups excluding carboxylic acids is 1. The van der Waals surface area contributed by atoms with Crippen molar-refractivity contribution in [1.82, 2.24) is 0 Å². The topological polar surface area (TPSA) is 54.0 Å². The van der Waals surface area contributed by atoms with Crippen LogP contribution in [0.1, 0.15) is 15.9 Å². The highest BCUT2D eigenvalue weighted by molar-refractivity contribution is 6.07. The molecule has 0 saturated carbocycles. The fourth-order valence-corrected chi connectivity index (χ4v) is 3.02. The number of hydrogen-bond donors (Lipinski definition) is 0. The highest BCUT2D eigenvalue weighted by Gasteiger charge is 2.15. The highest BCUT2D eigenvalue weighted by Crippen LogP contribution is 2.34. The van der Waals surface area contributed by atoms with Crippen molar-refractivity contribution in [1.29, 1.82) is 0 Å². The Bertz CT molecular complexity index is 1050. The summed E-state index contributed by atoms with van der Waals surface area (Å²) in [7, 11) is 3.22. The van der Waals surface area contributed by atoms with Crippen LogP contribution < -0.4 is 18.9 Å². The second-order valence-corrected chi connectivity index (χ2v) is 6.08. The highest BCUT2D eigenvalue weighted by atomic mass is 16.7. The van der Waals surface area contributed by atoms with Crippen molar-refractivity contribution >= 4 is 22.6 Å². The number of methoxy groups -OCH3 is 2.